The van der Waals surface area contributed by atoms with Gasteiger partial charge < -0.3 is 10.4 Å². The largest absolute Gasteiger partial charge is 0.481 e. The molecule has 0 saturated heterocycles. The number of carboxylic acid groups (broad SMARTS) is 1. The van der Waals surface area contributed by atoms with Gasteiger partial charge in [-0.25, -0.2) is 13.1 Å². The SMILES string of the molecule is O=C(N[C@H]1CCC[C@H]1C(=O)O)c1cccc(S(=O)(=O)NC2CC2)c1. The monoisotopic (exact) mass is 352 g/mol. The van der Waals surface area contributed by atoms with Gasteiger partial charge in [0.25, 0.3) is 5.91 Å². The van der Waals surface area contributed by atoms with Gasteiger partial charge in [0.2, 0.25) is 10.0 Å². The number of carbonyl (C=O) groups is 2. The Morgan fingerprint density at radius 2 is 1.88 bits per heavy atom. The minimum atomic E-state index is -3.63. The standard InChI is InChI=1S/C16H20N2O5S/c19-15(17-14-6-2-5-13(14)16(20)21)10-3-1-4-12(9-10)24(22,23)18-11-7-8-11/h1,3-4,9,11,13-14,18H,2,5-8H2,(H,17,19)(H,20,21)/t13-,14+/m1/s1. The number of nitrogens with one attached hydrogen (secondary N) is 2. The van der Waals surface area contributed by atoms with Gasteiger partial charge in [0, 0.05) is 17.6 Å². The summed E-state index contributed by atoms with van der Waals surface area (Å²) in [5.74, 6) is -1.95. The van der Waals surface area contributed by atoms with Crippen molar-refractivity contribution < 1.29 is 23.1 Å². The van der Waals surface area contributed by atoms with Crippen LogP contribution in [0.15, 0.2) is 29.2 Å². The lowest BCUT2D eigenvalue weighted by atomic mass is 10.0. The highest BCUT2D eigenvalue weighted by Gasteiger charge is 2.34. The summed E-state index contributed by atoms with van der Waals surface area (Å²) >= 11 is 0. The predicted octanol–water partition coefficient (Wildman–Crippen LogP) is 1.11. The van der Waals surface area contributed by atoms with E-state index in [0.717, 1.165) is 19.3 Å². The van der Waals surface area contributed by atoms with E-state index < -0.39 is 33.9 Å². The number of hydrogen-bond donors (Lipinski definition) is 3. The fourth-order valence-electron chi connectivity index (χ4n) is 2.97. The first kappa shape index (κ1) is 16.9. The van der Waals surface area contributed by atoms with Gasteiger partial charge in [-0.15, -0.1) is 0 Å². The third kappa shape index (κ3) is 3.76. The van der Waals surface area contributed by atoms with Crippen LogP contribution < -0.4 is 10.0 Å². The first-order chi connectivity index (χ1) is 11.4. The molecule has 1 aromatic carbocycles. The highest BCUT2D eigenvalue weighted by Crippen LogP contribution is 2.26. The smallest absolute Gasteiger partial charge is 0.308 e. The topological polar surface area (TPSA) is 113 Å². The highest BCUT2D eigenvalue weighted by molar-refractivity contribution is 7.89. The van der Waals surface area contributed by atoms with Crippen molar-refractivity contribution in [2.75, 3.05) is 0 Å². The van der Waals surface area contributed by atoms with Crippen LogP contribution in [0.2, 0.25) is 0 Å². The van der Waals surface area contributed by atoms with Gasteiger partial charge in [0.05, 0.1) is 10.8 Å². The molecule has 0 spiro atoms. The number of carboxylic acids is 1. The molecular weight excluding hydrogens is 332 g/mol. The van der Waals surface area contributed by atoms with Crippen LogP contribution in [-0.4, -0.2) is 37.5 Å². The lowest BCUT2D eigenvalue weighted by molar-refractivity contribution is -0.142. The zero-order chi connectivity index (χ0) is 17.3. The normalized spacial score (nSPS) is 23.8. The second kappa shape index (κ2) is 6.52. The Morgan fingerprint density at radius 1 is 1.12 bits per heavy atom. The Labute approximate surface area is 140 Å². The molecule has 3 rings (SSSR count). The van der Waals surface area contributed by atoms with Gasteiger partial charge in [0.15, 0.2) is 0 Å². The fraction of sp³-hybridized carbons (Fsp3) is 0.500. The van der Waals surface area contributed by atoms with E-state index in [1.807, 2.05) is 0 Å². The van der Waals surface area contributed by atoms with Crippen molar-refractivity contribution in [3.63, 3.8) is 0 Å². The third-order valence-electron chi connectivity index (χ3n) is 4.46. The maximum Gasteiger partial charge on any atom is 0.308 e. The van der Waals surface area contributed by atoms with Crippen molar-refractivity contribution in [1.29, 1.82) is 0 Å². The zero-order valence-electron chi connectivity index (χ0n) is 13.1. The quantitative estimate of drug-likeness (QED) is 0.710. The van der Waals surface area contributed by atoms with Crippen molar-refractivity contribution in [2.45, 2.75) is 49.1 Å². The van der Waals surface area contributed by atoms with Crippen LogP contribution >= 0.6 is 0 Å². The molecule has 7 nitrogen and oxygen atoms in total. The van der Waals surface area contributed by atoms with E-state index in [9.17, 15) is 18.0 Å². The first-order valence-electron chi connectivity index (χ1n) is 8.03. The second-order valence-electron chi connectivity index (χ2n) is 6.38. The van der Waals surface area contributed by atoms with E-state index in [-0.39, 0.29) is 16.5 Å². The molecule has 2 fully saturated rings. The molecule has 0 bridgehead atoms. The molecule has 3 N–H and O–H groups in total. The summed E-state index contributed by atoms with van der Waals surface area (Å²) in [6.45, 7) is 0. The van der Waals surface area contributed by atoms with Gasteiger partial charge in [-0.2, -0.15) is 0 Å². The summed E-state index contributed by atoms with van der Waals surface area (Å²) in [5, 5.41) is 11.9. The van der Waals surface area contributed by atoms with Gasteiger partial charge in [0.1, 0.15) is 0 Å². The fourth-order valence-corrected chi connectivity index (χ4v) is 4.32. The van der Waals surface area contributed by atoms with Gasteiger partial charge in [-0.05, 0) is 43.9 Å². The number of aliphatic carboxylic acids is 1. The van der Waals surface area contributed by atoms with Crippen LogP contribution in [0.5, 0.6) is 0 Å². The van der Waals surface area contributed by atoms with Crippen LogP contribution in [0.4, 0.5) is 0 Å². The summed E-state index contributed by atoms with van der Waals surface area (Å²) in [7, 11) is -3.63. The average molecular weight is 352 g/mol. The van der Waals surface area contributed by atoms with E-state index in [1.165, 1.54) is 24.3 Å². The van der Waals surface area contributed by atoms with Crippen molar-refractivity contribution in [1.82, 2.24) is 10.0 Å². The average Bonchev–Trinajstić information content (AvgIpc) is 3.21. The van der Waals surface area contributed by atoms with Crippen molar-refractivity contribution in [3.8, 4) is 0 Å². The lowest BCUT2D eigenvalue weighted by Gasteiger charge is -2.17. The number of carbonyl (C=O) groups excluding carboxylic acids is 1. The molecule has 130 valence electrons. The van der Waals surface area contributed by atoms with Crippen LogP contribution in [0.1, 0.15) is 42.5 Å². The van der Waals surface area contributed by atoms with E-state index in [1.54, 1.807) is 0 Å². The predicted molar refractivity (Wildman–Crippen MR) is 86.0 cm³/mol. The summed E-state index contributed by atoms with van der Waals surface area (Å²) in [6.07, 6.45) is 3.57. The summed E-state index contributed by atoms with van der Waals surface area (Å²) < 4.78 is 27.0. The second-order valence-corrected chi connectivity index (χ2v) is 8.09. The molecule has 2 saturated carbocycles. The van der Waals surface area contributed by atoms with Crippen LogP contribution in [-0.2, 0) is 14.8 Å². The molecule has 2 atom stereocenters. The Balaban J connectivity index is 1.73. The number of hydrogen-bond acceptors (Lipinski definition) is 4. The Bertz CT molecular complexity index is 757. The number of sulfonamides is 1. The molecule has 1 aromatic rings. The molecule has 1 amide bonds. The molecular formula is C16H20N2O5S. The molecule has 8 heteroatoms. The molecule has 0 heterocycles. The number of benzene rings is 1. The molecule has 2 aliphatic rings. The van der Waals surface area contributed by atoms with Crippen molar-refractivity contribution >= 4 is 21.9 Å². The minimum absolute atomic E-state index is 0.0118. The zero-order valence-corrected chi connectivity index (χ0v) is 13.9. The lowest BCUT2D eigenvalue weighted by Crippen LogP contribution is -2.40. The molecule has 24 heavy (non-hydrogen) atoms. The minimum Gasteiger partial charge on any atom is -0.481 e. The Kier molecular flexibility index (Phi) is 4.60. The van der Waals surface area contributed by atoms with E-state index in [4.69, 9.17) is 5.11 Å². The number of rotatable bonds is 6. The van der Waals surface area contributed by atoms with Crippen LogP contribution in [0.3, 0.4) is 0 Å². The van der Waals surface area contributed by atoms with E-state index in [0.29, 0.717) is 12.8 Å². The molecule has 0 radical (unpaired) electrons. The first-order valence-corrected chi connectivity index (χ1v) is 9.51. The molecule has 0 aliphatic heterocycles. The Hall–Kier alpha value is -1.93. The van der Waals surface area contributed by atoms with Gasteiger partial charge >= 0.3 is 5.97 Å². The maximum absolute atomic E-state index is 12.4. The molecule has 2 aliphatic carbocycles. The van der Waals surface area contributed by atoms with Crippen molar-refractivity contribution in [3.05, 3.63) is 29.8 Å². The maximum atomic E-state index is 12.4. The van der Waals surface area contributed by atoms with E-state index >= 15 is 0 Å². The molecule has 0 unspecified atom stereocenters. The Morgan fingerprint density at radius 3 is 2.54 bits per heavy atom. The number of amides is 1. The summed E-state index contributed by atoms with van der Waals surface area (Å²) in [4.78, 5) is 23.6. The van der Waals surface area contributed by atoms with Crippen LogP contribution in [0.25, 0.3) is 0 Å². The summed E-state index contributed by atoms with van der Waals surface area (Å²) in [5.41, 5.74) is 0.213. The van der Waals surface area contributed by atoms with Crippen LogP contribution in [0, 0.1) is 5.92 Å². The van der Waals surface area contributed by atoms with E-state index in [2.05, 4.69) is 10.0 Å². The third-order valence-corrected chi connectivity index (χ3v) is 5.97. The molecule has 0 aromatic heterocycles. The van der Waals surface area contributed by atoms with Gasteiger partial charge in [-0.3, -0.25) is 9.59 Å². The summed E-state index contributed by atoms with van der Waals surface area (Å²) in [6, 6.07) is 5.37. The van der Waals surface area contributed by atoms with Gasteiger partial charge in [-0.1, -0.05) is 12.5 Å². The van der Waals surface area contributed by atoms with Crippen molar-refractivity contribution in [2.24, 2.45) is 5.92 Å². The highest BCUT2D eigenvalue weighted by atomic mass is 32.2.